The number of rotatable bonds is 4. The molecule has 0 radical (unpaired) electrons. The van der Waals surface area contributed by atoms with Crippen molar-refractivity contribution in [3.63, 3.8) is 0 Å². The van der Waals surface area contributed by atoms with Crippen LogP contribution in [0.3, 0.4) is 0 Å². The zero-order valence-electron chi connectivity index (χ0n) is 17.0. The van der Waals surface area contributed by atoms with Gasteiger partial charge in [-0.3, -0.25) is 4.40 Å². The SMILES string of the molecule is Cc1cccn2c(NCc3ccccc3)c(-c3ccc(C(C)(C)C)cc3)nc12. The number of nitrogens with one attached hydrogen (secondary N) is 1. The van der Waals surface area contributed by atoms with Gasteiger partial charge in [0.25, 0.3) is 0 Å². The minimum atomic E-state index is 0.141. The second kappa shape index (κ2) is 7.16. The maximum Gasteiger partial charge on any atom is 0.142 e. The summed E-state index contributed by atoms with van der Waals surface area (Å²) in [4.78, 5) is 4.99. The molecule has 0 fully saturated rings. The standard InChI is InChI=1S/C25H27N3/c1-18-9-8-16-28-23(18)27-22(20-12-14-21(15-13-20)25(2,3)4)24(28)26-17-19-10-6-5-7-11-19/h5-16,26H,17H2,1-4H3. The number of hydrogen-bond donors (Lipinski definition) is 1. The highest BCUT2D eigenvalue weighted by atomic mass is 15.1. The van der Waals surface area contributed by atoms with Gasteiger partial charge in [-0.25, -0.2) is 4.98 Å². The smallest absolute Gasteiger partial charge is 0.142 e. The quantitative estimate of drug-likeness (QED) is 0.463. The van der Waals surface area contributed by atoms with Crippen LogP contribution in [0.25, 0.3) is 16.9 Å². The fourth-order valence-corrected chi connectivity index (χ4v) is 3.48. The zero-order chi connectivity index (χ0) is 19.7. The maximum absolute atomic E-state index is 4.99. The lowest BCUT2D eigenvalue weighted by Crippen LogP contribution is -2.10. The van der Waals surface area contributed by atoms with Gasteiger partial charge in [0.05, 0.1) is 0 Å². The normalized spacial score (nSPS) is 11.7. The van der Waals surface area contributed by atoms with Gasteiger partial charge in [0.2, 0.25) is 0 Å². The summed E-state index contributed by atoms with van der Waals surface area (Å²) >= 11 is 0. The minimum absolute atomic E-state index is 0.141. The van der Waals surface area contributed by atoms with Crippen molar-refractivity contribution >= 4 is 11.5 Å². The van der Waals surface area contributed by atoms with Crippen molar-refractivity contribution in [2.24, 2.45) is 0 Å². The molecule has 2 heterocycles. The molecule has 28 heavy (non-hydrogen) atoms. The molecule has 0 aliphatic heterocycles. The molecule has 3 heteroatoms. The van der Waals surface area contributed by atoms with E-state index in [1.165, 1.54) is 16.7 Å². The van der Waals surface area contributed by atoms with E-state index in [9.17, 15) is 0 Å². The first-order valence-corrected chi connectivity index (χ1v) is 9.80. The first-order valence-electron chi connectivity index (χ1n) is 9.80. The third kappa shape index (κ3) is 3.53. The van der Waals surface area contributed by atoms with Gasteiger partial charge in [-0.1, -0.05) is 81.4 Å². The number of anilines is 1. The van der Waals surface area contributed by atoms with Crippen LogP contribution in [0.4, 0.5) is 5.82 Å². The third-order valence-electron chi connectivity index (χ3n) is 5.17. The van der Waals surface area contributed by atoms with E-state index < -0.39 is 0 Å². The Balaban J connectivity index is 1.77. The maximum atomic E-state index is 4.99. The monoisotopic (exact) mass is 369 g/mol. The molecule has 4 rings (SSSR count). The van der Waals surface area contributed by atoms with E-state index in [1.54, 1.807) is 0 Å². The Labute approximate surface area is 167 Å². The average Bonchev–Trinajstić information content (AvgIpc) is 3.07. The van der Waals surface area contributed by atoms with E-state index in [0.717, 1.165) is 29.3 Å². The van der Waals surface area contributed by atoms with Crippen LogP contribution >= 0.6 is 0 Å². The molecule has 4 aromatic rings. The fraction of sp³-hybridized carbons (Fsp3) is 0.240. The van der Waals surface area contributed by atoms with Crippen LogP contribution in [0.1, 0.15) is 37.5 Å². The zero-order valence-corrected chi connectivity index (χ0v) is 17.0. The molecule has 0 spiro atoms. The van der Waals surface area contributed by atoms with Crippen molar-refractivity contribution in [2.45, 2.75) is 39.7 Å². The summed E-state index contributed by atoms with van der Waals surface area (Å²) in [7, 11) is 0. The lowest BCUT2D eigenvalue weighted by atomic mass is 9.86. The van der Waals surface area contributed by atoms with E-state index in [2.05, 4.69) is 104 Å². The number of fused-ring (bicyclic) bond motifs is 1. The molecule has 0 atom stereocenters. The van der Waals surface area contributed by atoms with E-state index >= 15 is 0 Å². The Hall–Kier alpha value is -3.07. The van der Waals surface area contributed by atoms with Gasteiger partial charge in [0, 0.05) is 18.3 Å². The second-order valence-electron chi connectivity index (χ2n) is 8.36. The molecular weight excluding hydrogens is 342 g/mol. The highest BCUT2D eigenvalue weighted by Gasteiger charge is 2.17. The molecule has 0 aliphatic carbocycles. The van der Waals surface area contributed by atoms with Crippen molar-refractivity contribution in [3.8, 4) is 11.3 Å². The molecule has 0 saturated carbocycles. The van der Waals surface area contributed by atoms with E-state index in [1.807, 2.05) is 6.07 Å². The summed E-state index contributed by atoms with van der Waals surface area (Å²) in [5, 5.41) is 3.62. The summed E-state index contributed by atoms with van der Waals surface area (Å²) < 4.78 is 2.16. The van der Waals surface area contributed by atoms with Crippen LogP contribution in [-0.4, -0.2) is 9.38 Å². The highest BCUT2D eigenvalue weighted by Crippen LogP contribution is 2.32. The average molecular weight is 370 g/mol. The van der Waals surface area contributed by atoms with E-state index in [0.29, 0.717) is 0 Å². The van der Waals surface area contributed by atoms with E-state index in [4.69, 9.17) is 4.98 Å². The molecular formula is C25H27N3. The summed E-state index contributed by atoms with van der Waals surface area (Å²) in [6.45, 7) is 9.58. The Morgan fingerprint density at radius 2 is 1.61 bits per heavy atom. The molecule has 0 unspecified atom stereocenters. The van der Waals surface area contributed by atoms with Crippen LogP contribution < -0.4 is 5.32 Å². The summed E-state index contributed by atoms with van der Waals surface area (Å²) in [5.74, 6) is 1.03. The van der Waals surface area contributed by atoms with Crippen molar-refractivity contribution < 1.29 is 0 Å². The first-order chi connectivity index (χ1) is 13.4. The molecule has 0 bridgehead atoms. The van der Waals surface area contributed by atoms with Gasteiger partial charge < -0.3 is 5.32 Å². The van der Waals surface area contributed by atoms with Crippen LogP contribution in [0.15, 0.2) is 72.9 Å². The van der Waals surface area contributed by atoms with Gasteiger partial charge in [0.1, 0.15) is 17.2 Å². The predicted octanol–water partition coefficient (Wildman–Crippen LogP) is 6.22. The van der Waals surface area contributed by atoms with E-state index in [-0.39, 0.29) is 5.41 Å². The Morgan fingerprint density at radius 3 is 2.29 bits per heavy atom. The topological polar surface area (TPSA) is 29.3 Å². The fourth-order valence-electron chi connectivity index (χ4n) is 3.48. The summed E-state index contributed by atoms with van der Waals surface area (Å²) in [5.41, 5.74) is 7.00. The van der Waals surface area contributed by atoms with Crippen LogP contribution in [0.5, 0.6) is 0 Å². The molecule has 2 aromatic heterocycles. The van der Waals surface area contributed by atoms with Crippen LogP contribution in [0, 0.1) is 6.92 Å². The second-order valence-corrected chi connectivity index (χ2v) is 8.36. The minimum Gasteiger partial charge on any atom is -0.365 e. The van der Waals surface area contributed by atoms with Gasteiger partial charge in [-0.15, -0.1) is 0 Å². The van der Waals surface area contributed by atoms with Gasteiger partial charge >= 0.3 is 0 Å². The Morgan fingerprint density at radius 1 is 0.893 bits per heavy atom. The lowest BCUT2D eigenvalue weighted by Gasteiger charge is -2.19. The summed E-state index contributed by atoms with van der Waals surface area (Å²) in [6, 6.07) is 23.4. The molecule has 142 valence electrons. The van der Waals surface area contributed by atoms with Gasteiger partial charge in [-0.2, -0.15) is 0 Å². The van der Waals surface area contributed by atoms with Gasteiger partial charge in [-0.05, 0) is 35.1 Å². The summed E-state index contributed by atoms with van der Waals surface area (Å²) in [6.07, 6.45) is 2.08. The molecule has 0 aliphatic rings. The molecule has 0 amide bonds. The molecule has 0 saturated heterocycles. The number of pyridine rings is 1. The number of nitrogens with zero attached hydrogens (tertiary/aromatic N) is 2. The molecule has 2 aromatic carbocycles. The van der Waals surface area contributed by atoms with Crippen molar-refractivity contribution in [1.82, 2.24) is 9.38 Å². The first kappa shape index (κ1) is 18.3. The van der Waals surface area contributed by atoms with Crippen LogP contribution in [0.2, 0.25) is 0 Å². The molecule has 1 N–H and O–H groups in total. The number of hydrogen-bond acceptors (Lipinski definition) is 2. The third-order valence-corrected chi connectivity index (χ3v) is 5.17. The molecule has 3 nitrogen and oxygen atoms in total. The van der Waals surface area contributed by atoms with Crippen LogP contribution in [-0.2, 0) is 12.0 Å². The van der Waals surface area contributed by atoms with Crippen molar-refractivity contribution in [2.75, 3.05) is 5.32 Å². The number of aromatic nitrogens is 2. The number of benzene rings is 2. The highest BCUT2D eigenvalue weighted by molar-refractivity contribution is 5.77. The largest absolute Gasteiger partial charge is 0.365 e. The van der Waals surface area contributed by atoms with Crippen molar-refractivity contribution in [3.05, 3.63) is 89.6 Å². The van der Waals surface area contributed by atoms with Crippen molar-refractivity contribution in [1.29, 1.82) is 0 Å². The number of aryl methyl sites for hydroxylation is 1. The van der Waals surface area contributed by atoms with Gasteiger partial charge in [0.15, 0.2) is 0 Å². The Kier molecular flexibility index (Phi) is 4.68. The Bertz CT molecular complexity index is 1080. The predicted molar refractivity (Wildman–Crippen MR) is 118 cm³/mol. The number of imidazole rings is 1. The lowest BCUT2D eigenvalue weighted by molar-refractivity contribution is 0.590.